The Bertz CT molecular complexity index is 695. The number of hydrogen-bond acceptors (Lipinski definition) is 4. The number of carboxylic acid groups (broad SMARTS) is 1. The normalized spacial score (nSPS) is 11.7. The summed E-state index contributed by atoms with van der Waals surface area (Å²) in [6.45, 7) is 4.44. The number of para-hydroxylation sites is 1. The minimum absolute atomic E-state index is 0.151. The van der Waals surface area contributed by atoms with E-state index in [1.807, 2.05) is 38.1 Å². The van der Waals surface area contributed by atoms with Crippen LogP contribution in [0.2, 0.25) is 0 Å². The highest BCUT2D eigenvalue weighted by molar-refractivity contribution is 7.15. The third kappa shape index (κ3) is 4.10. The Balaban J connectivity index is 2.18. The standard InChI is InChI=1S/C17H19NO4S/c1-3-12(11-7-5-6-8-13(11)22-4-2)18-16(19)14-9-10-15(23-14)17(20)21/h5-10,12H,3-4H2,1-2H3,(H,18,19)(H,20,21). The van der Waals surface area contributed by atoms with E-state index in [4.69, 9.17) is 9.84 Å². The lowest BCUT2D eigenvalue weighted by molar-refractivity contribution is 0.0702. The Hall–Kier alpha value is -2.34. The lowest BCUT2D eigenvalue weighted by atomic mass is 10.0. The molecule has 2 aromatic rings. The quantitative estimate of drug-likeness (QED) is 0.809. The zero-order valence-corrected chi connectivity index (χ0v) is 13.9. The predicted octanol–water partition coefficient (Wildman–Crippen LogP) is 3.73. The first kappa shape index (κ1) is 17.0. The van der Waals surface area contributed by atoms with Gasteiger partial charge in [0.05, 0.1) is 17.5 Å². The Kier molecular flexibility index (Phi) is 5.76. The van der Waals surface area contributed by atoms with Crippen LogP contribution < -0.4 is 10.1 Å². The van der Waals surface area contributed by atoms with Crippen LogP contribution in [0.5, 0.6) is 5.75 Å². The molecule has 1 amide bonds. The van der Waals surface area contributed by atoms with Crippen LogP contribution in [-0.2, 0) is 0 Å². The highest BCUT2D eigenvalue weighted by atomic mass is 32.1. The van der Waals surface area contributed by atoms with Gasteiger partial charge in [-0.1, -0.05) is 25.1 Å². The van der Waals surface area contributed by atoms with Crippen molar-refractivity contribution in [3.05, 3.63) is 51.7 Å². The molecule has 0 aliphatic heterocycles. The molecule has 1 atom stereocenters. The van der Waals surface area contributed by atoms with Crippen LogP contribution in [0.3, 0.4) is 0 Å². The maximum absolute atomic E-state index is 12.4. The summed E-state index contributed by atoms with van der Waals surface area (Å²) < 4.78 is 5.62. The fourth-order valence-electron chi connectivity index (χ4n) is 2.26. The monoisotopic (exact) mass is 333 g/mol. The summed E-state index contributed by atoms with van der Waals surface area (Å²) in [5.41, 5.74) is 0.917. The minimum Gasteiger partial charge on any atom is -0.494 e. The molecule has 0 bridgehead atoms. The van der Waals surface area contributed by atoms with Crippen molar-refractivity contribution < 1.29 is 19.4 Å². The number of aromatic carboxylic acids is 1. The third-order valence-electron chi connectivity index (χ3n) is 3.35. The number of carbonyl (C=O) groups is 2. The van der Waals surface area contributed by atoms with Crippen molar-refractivity contribution in [1.29, 1.82) is 0 Å². The molecular weight excluding hydrogens is 314 g/mol. The van der Waals surface area contributed by atoms with Crippen molar-refractivity contribution in [2.75, 3.05) is 6.61 Å². The highest BCUT2D eigenvalue weighted by Gasteiger charge is 2.19. The number of nitrogens with one attached hydrogen (secondary N) is 1. The van der Waals surface area contributed by atoms with Crippen molar-refractivity contribution in [3.63, 3.8) is 0 Å². The summed E-state index contributed by atoms with van der Waals surface area (Å²) in [4.78, 5) is 23.8. The fourth-order valence-corrected chi connectivity index (χ4v) is 3.01. The summed E-state index contributed by atoms with van der Waals surface area (Å²) in [7, 11) is 0. The molecule has 1 aromatic carbocycles. The SMILES string of the molecule is CCOc1ccccc1C(CC)NC(=O)c1ccc(C(=O)O)s1. The molecule has 6 heteroatoms. The van der Waals surface area contributed by atoms with E-state index in [0.717, 1.165) is 22.6 Å². The number of rotatable bonds is 7. The summed E-state index contributed by atoms with van der Waals surface area (Å²) in [6.07, 6.45) is 0.701. The van der Waals surface area contributed by atoms with Crippen molar-refractivity contribution in [2.24, 2.45) is 0 Å². The number of ether oxygens (including phenoxy) is 1. The maximum atomic E-state index is 12.4. The van der Waals surface area contributed by atoms with E-state index in [9.17, 15) is 9.59 Å². The molecule has 0 aliphatic rings. The molecule has 0 spiro atoms. The molecule has 1 unspecified atom stereocenters. The maximum Gasteiger partial charge on any atom is 0.345 e. The second-order valence-electron chi connectivity index (χ2n) is 4.87. The van der Waals surface area contributed by atoms with E-state index >= 15 is 0 Å². The molecular formula is C17H19NO4S. The van der Waals surface area contributed by atoms with E-state index < -0.39 is 5.97 Å². The molecule has 0 radical (unpaired) electrons. The summed E-state index contributed by atoms with van der Waals surface area (Å²) in [5.74, 6) is -0.553. The number of carboxylic acids is 1. The van der Waals surface area contributed by atoms with E-state index in [1.165, 1.54) is 12.1 Å². The van der Waals surface area contributed by atoms with Gasteiger partial charge in [0.15, 0.2) is 0 Å². The van der Waals surface area contributed by atoms with Crippen molar-refractivity contribution in [1.82, 2.24) is 5.32 Å². The predicted molar refractivity (Wildman–Crippen MR) is 89.4 cm³/mol. The van der Waals surface area contributed by atoms with Crippen LogP contribution in [-0.4, -0.2) is 23.6 Å². The molecule has 0 aliphatic carbocycles. The summed E-state index contributed by atoms with van der Waals surface area (Å²) >= 11 is 0.968. The van der Waals surface area contributed by atoms with Crippen molar-refractivity contribution in [3.8, 4) is 5.75 Å². The Morgan fingerprint density at radius 3 is 2.48 bits per heavy atom. The summed E-state index contributed by atoms with van der Waals surface area (Å²) in [5, 5.41) is 11.9. The van der Waals surface area contributed by atoms with Gasteiger partial charge in [-0.2, -0.15) is 0 Å². The van der Waals surface area contributed by atoms with Gasteiger partial charge in [-0.3, -0.25) is 4.79 Å². The highest BCUT2D eigenvalue weighted by Crippen LogP contribution is 2.28. The first-order valence-electron chi connectivity index (χ1n) is 7.42. The number of hydrogen-bond donors (Lipinski definition) is 2. The van der Waals surface area contributed by atoms with Gasteiger partial charge in [0, 0.05) is 5.56 Å². The summed E-state index contributed by atoms with van der Waals surface area (Å²) in [6, 6.07) is 10.4. The van der Waals surface area contributed by atoms with Gasteiger partial charge < -0.3 is 15.2 Å². The third-order valence-corrected chi connectivity index (χ3v) is 4.42. The van der Waals surface area contributed by atoms with E-state index in [2.05, 4.69) is 5.32 Å². The van der Waals surface area contributed by atoms with Gasteiger partial charge >= 0.3 is 5.97 Å². The van der Waals surface area contributed by atoms with Gasteiger partial charge in [0.2, 0.25) is 0 Å². The van der Waals surface area contributed by atoms with Gasteiger partial charge in [0.1, 0.15) is 10.6 Å². The lowest BCUT2D eigenvalue weighted by Gasteiger charge is -2.20. The van der Waals surface area contributed by atoms with Crippen LogP contribution in [0.15, 0.2) is 36.4 Å². The molecule has 1 heterocycles. The van der Waals surface area contributed by atoms with Crippen LogP contribution in [0.4, 0.5) is 0 Å². The lowest BCUT2D eigenvalue weighted by Crippen LogP contribution is -2.27. The van der Waals surface area contributed by atoms with Crippen LogP contribution >= 0.6 is 11.3 Å². The van der Waals surface area contributed by atoms with Crippen molar-refractivity contribution in [2.45, 2.75) is 26.3 Å². The second kappa shape index (κ2) is 7.78. The average molecular weight is 333 g/mol. The van der Waals surface area contributed by atoms with Crippen LogP contribution in [0.1, 0.15) is 51.2 Å². The first-order valence-corrected chi connectivity index (χ1v) is 8.24. The molecule has 2 N–H and O–H groups in total. The minimum atomic E-state index is -1.03. The molecule has 0 saturated heterocycles. The molecule has 122 valence electrons. The topological polar surface area (TPSA) is 75.6 Å². The fraction of sp³-hybridized carbons (Fsp3) is 0.294. The van der Waals surface area contributed by atoms with Gasteiger partial charge in [0.25, 0.3) is 5.91 Å². The molecule has 0 fully saturated rings. The zero-order valence-electron chi connectivity index (χ0n) is 13.0. The molecule has 23 heavy (non-hydrogen) atoms. The average Bonchev–Trinajstić information content (AvgIpc) is 3.04. The van der Waals surface area contributed by atoms with Gasteiger partial charge in [-0.25, -0.2) is 4.79 Å². The zero-order chi connectivity index (χ0) is 16.8. The second-order valence-corrected chi connectivity index (χ2v) is 5.96. The smallest absolute Gasteiger partial charge is 0.345 e. The van der Waals surface area contributed by atoms with Gasteiger partial charge in [-0.05, 0) is 31.5 Å². The van der Waals surface area contributed by atoms with Crippen LogP contribution in [0, 0.1) is 0 Å². The Morgan fingerprint density at radius 1 is 1.17 bits per heavy atom. The number of thiophene rings is 1. The Morgan fingerprint density at radius 2 is 1.87 bits per heavy atom. The molecule has 0 saturated carbocycles. The van der Waals surface area contributed by atoms with Crippen LogP contribution in [0.25, 0.3) is 0 Å². The van der Waals surface area contributed by atoms with E-state index in [-0.39, 0.29) is 16.8 Å². The molecule has 5 nitrogen and oxygen atoms in total. The van der Waals surface area contributed by atoms with Gasteiger partial charge in [-0.15, -0.1) is 11.3 Å². The number of amides is 1. The largest absolute Gasteiger partial charge is 0.494 e. The van der Waals surface area contributed by atoms with Crippen molar-refractivity contribution >= 4 is 23.2 Å². The molecule has 2 rings (SSSR count). The van der Waals surface area contributed by atoms with E-state index in [0.29, 0.717) is 17.9 Å². The molecule has 1 aromatic heterocycles. The van der Waals surface area contributed by atoms with E-state index in [1.54, 1.807) is 0 Å². The number of benzene rings is 1. The Labute approximate surface area is 138 Å². The number of carbonyl (C=O) groups excluding carboxylic acids is 1. The first-order chi connectivity index (χ1) is 11.1.